The van der Waals surface area contributed by atoms with Crippen LogP contribution in [0.15, 0.2) is 21.3 Å². The Labute approximate surface area is 118 Å². The third-order valence-corrected chi connectivity index (χ3v) is 3.70. The van der Waals surface area contributed by atoms with Crippen molar-refractivity contribution < 1.29 is 14.0 Å². The molecule has 1 aliphatic rings. The number of hydrogen-bond donors (Lipinski definition) is 1. The Hall–Kier alpha value is -1.69. The van der Waals surface area contributed by atoms with E-state index in [-0.39, 0.29) is 0 Å². The smallest absolute Gasteiger partial charge is 0.229 e. The number of nitrogens with zero attached hydrogens (tertiary/aromatic N) is 1. The normalized spacial score (nSPS) is 13.6. The Kier molecular flexibility index (Phi) is 3.10. The van der Waals surface area contributed by atoms with Gasteiger partial charge in [-0.2, -0.15) is 0 Å². The van der Waals surface area contributed by atoms with Crippen LogP contribution in [0.25, 0.3) is 11.1 Å². The Morgan fingerprint density at radius 2 is 2.00 bits per heavy atom. The lowest BCUT2D eigenvalue weighted by molar-refractivity contribution is 0.169. The number of rotatable bonds is 2. The maximum Gasteiger partial charge on any atom is 0.229 e. The van der Waals surface area contributed by atoms with Crippen molar-refractivity contribution in [3.63, 3.8) is 0 Å². The molecule has 0 fully saturated rings. The van der Waals surface area contributed by atoms with Crippen molar-refractivity contribution in [2.75, 3.05) is 18.9 Å². The van der Waals surface area contributed by atoms with Crippen molar-refractivity contribution >= 4 is 21.8 Å². The predicted molar refractivity (Wildman–Crippen MR) is 74.4 cm³/mol. The molecule has 6 heteroatoms. The quantitative estimate of drug-likeness (QED) is 0.919. The summed E-state index contributed by atoms with van der Waals surface area (Å²) in [6, 6.07) is 1.97. The van der Waals surface area contributed by atoms with Gasteiger partial charge in [-0.05, 0) is 34.0 Å². The van der Waals surface area contributed by atoms with E-state index in [1.54, 1.807) is 6.20 Å². The summed E-state index contributed by atoms with van der Waals surface area (Å²) in [7, 11) is 0. The van der Waals surface area contributed by atoms with Crippen LogP contribution in [0.1, 0.15) is 12.5 Å². The molecule has 0 atom stereocenters. The van der Waals surface area contributed by atoms with Gasteiger partial charge >= 0.3 is 0 Å². The van der Waals surface area contributed by atoms with E-state index in [0.717, 1.165) is 39.1 Å². The summed E-state index contributed by atoms with van der Waals surface area (Å²) in [4.78, 5) is 0. The topological polar surface area (TPSA) is 70.5 Å². The zero-order valence-corrected chi connectivity index (χ0v) is 12.0. The van der Waals surface area contributed by atoms with Gasteiger partial charge in [0, 0.05) is 5.56 Å². The molecule has 0 saturated heterocycles. The fourth-order valence-electron chi connectivity index (χ4n) is 2.26. The second-order valence-corrected chi connectivity index (χ2v) is 5.05. The van der Waals surface area contributed by atoms with Crippen LogP contribution < -0.4 is 15.2 Å². The van der Waals surface area contributed by atoms with Gasteiger partial charge in [-0.3, -0.25) is 0 Å². The molecule has 0 amide bonds. The molecule has 1 aliphatic heterocycles. The number of nitrogen functional groups attached to an aromatic ring is 1. The van der Waals surface area contributed by atoms with Crippen molar-refractivity contribution in [2.24, 2.45) is 0 Å². The molecule has 1 aromatic heterocycles. The van der Waals surface area contributed by atoms with E-state index in [2.05, 4.69) is 28.0 Å². The van der Waals surface area contributed by atoms with Crippen LogP contribution in [0.5, 0.6) is 11.5 Å². The number of halogens is 1. The summed E-state index contributed by atoms with van der Waals surface area (Å²) < 4.78 is 17.2. The van der Waals surface area contributed by atoms with E-state index in [9.17, 15) is 0 Å². The molecule has 0 saturated carbocycles. The average Bonchev–Trinajstić information content (AvgIpc) is 2.85. The van der Waals surface area contributed by atoms with Crippen LogP contribution in [0.4, 0.5) is 5.88 Å². The number of aromatic nitrogens is 1. The van der Waals surface area contributed by atoms with Gasteiger partial charge in [-0.25, -0.2) is 0 Å². The number of fused-ring (bicyclic) bond motifs is 1. The maximum absolute atomic E-state index is 5.81. The zero-order chi connectivity index (χ0) is 13.4. The van der Waals surface area contributed by atoms with E-state index in [1.807, 2.05) is 6.07 Å². The molecule has 2 aromatic rings. The molecule has 2 N–H and O–H groups in total. The summed E-state index contributed by atoms with van der Waals surface area (Å²) in [5.41, 5.74) is 8.58. The van der Waals surface area contributed by atoms with Crippen LogP contribution in [-0.2, 0) is 6.42 Å². The van der Waals surface area contributed by atoms with Crippen LogP contribution in [0, 0.1) is 0 Å². The van der Waals surface area contributed by atoms with Gasteiger partial charge in [0.2, 0.25) is 5.88 Å². The summed E-state index contributed by atoms with van der Waals surface area (Å²) in [6.45, 7) is 3.17. The van der Waals surface area contributed by atoms with Crippen molar-refractivity contribution in [3.05, 3.63) is 22.3 Å². The van der Waals surface area contributed by atoms with Crippen LogP contribution in [0.2, 0.25) is 0 Å². The van der Waals surface area contributed by atoms with Crippen molar-refractivity contribution in [1.29, 1.82) is 0 Å². The highest BCUT2D eigenvalue weighted by Gasteiger charge is 2.24. The van der Waals surface area contributed by atoms with E-state index in [0.29, 0.717) is 19.1 Å². The molecule has 100 valence electrons. The minimum Gasteiger partial charge on any atom is -0.486 e. The Morgan fingerprint density at radius 3 is 2.63 bits per heavy atom. The first-order chi connectivity index (χ1) is 9.22. The Bertz CT molecular complexity index is 625. The van der Waals surface area contributed by atoms with Crippen LogP contribution >= 0.6 is 15.9 Å². The Morgan fingerprint density at radius 1 is 1.26 bits per heavy atom. The second kappa shape index (κ2) is 4.77. The molecule has 0 spiro atoms. The third-order valence-electron chi connectivity index (χ3n) is 3.11. The highest BCUT2D eigenvalue weighted by molar-refractivity contribution is 9.10. The van der Waals surface area contributed by atoms with E-state index < -0.39 is 0 Å². The van der Waals surface area contributed by atoms with Gasteiger partial charge in [0.25, 0.3) is 0 Å². The number of anilines is 1. The summed E-state index contributed by atoms with van der Waals surface area (Å²) in [6.07, 6.45) is 2.42. The lowest BCUT2D eigenvalue weighted by Crippen LogP contribution is -2.17. The fourth-order valence-corrected chi connectivity index (χ4v) is 2.79. The summed E-state index contributed by atoms with van der Waals surface area (Å²) in [5.74, 6) is 1.83. The minimum atomic E-state index is 0.304. The molecule has 5 nitrogen and oxygen atoms in total. The first-order valence-corrected chi connectivity index (χ1v) is 6.83. The van der Waals surface area contributed by atoms with Gasteiger partial charge in [0.1, 0.15) is 13.2 Å². The fraction of sp³-hybridized carbons (Fsp3) is 0.308. The average molecular weight is 325 g/mol. The van der Waals surface area contributed by atoms with Gasteiger partial charge < -0.3 is 19.7 Å². The first-order valence-electron chi connectivity index (χ1n) is 6.03. The molecule has 0 radical (unpaired) electrons. The van der Waals surface area contributed by atoms with E-state index in [1.165, 1.54) is 0 Å². The lowest BCUT2D eigenvalue weighted by atomic mass is 9.98. The van der Waals surface area contributed by atoms with E-state index in [4.69, 9.17) is 19.7 Å². The third kappa shape index (κ3) is 1.96. The van der Waals surface area contributed by atoms with Gasteiger partial charge in [-0.1, -0.05) is 12.1 Å². The SMILES string of the molecule is CCc1c(-c2cnoc2N)cc(Br)c2c1OCCO2. The van der Waals surface area contributed by atoms with Crippen LogP contribution in [0.3, 0.4) is 0 Å². The highest BCUT2D eigenvalue weighted by atomic mass is 79.9. The highest BCUT2D eigenvalue weighted by Crippen LogP contribution is 2.46. The number of ether oxygens (including phenoxy) is 2. The van der Waals surface area contributed by atoms with Crippen LogP contribution in [-0.4, -0.2) is 18.4 Å². The molecule has 3 rings (SSSR count). The molecular weight excluding hydrogens is 312 g/mol. The maximum atomic E-state index is 5.81. The number of hydrogen-bond acceptors (Lipinski definition) is 5. The lowest BCUT2D eigenvalue weighted by Gasteiger charge is -2.23. The van der Waals surface area contributed by atoms with Gasteiger partial charge in [0.05, 0.1) is 16.2 Å². The molecule has 1 aromatic carbocycles. The second-order valence-electron chi connectivity index (χ2n) is 4.20. The predicted octanol–water partition coefficient (Wildman–Crippen LogP) is 3.02. The van der Waals surface area contributed by atoms with Crippen molar-refractivity contribution in [3.8, 4) is 22.6 Å². The van der Waals surface area contributed by atoms with Gasteiger partial charge in [0.15, 0.2) is 11.5 Å². The van der Waals surface area contributed by atoms with Crippen molar-refractivity contribution in [1.82, 2.24) is 5.16 Å². The zero-order valence-electron chi connectivity index (χ0n) is 10.4. The molecule has 19 heavy (non-hydrogen) atoms. The van der Waals surface area contributed by atoms with Crippen molar-refractivity contribution in [2.45, 2.75) is 13.3 Å². The summed E-state index contributed by atoms with van der Waals surface area (Å²) in [5, 5.41) is 3.73. The molecule has 0 aliphatic carbocycles. The van der Waals surface area contributed by atoms with E-state index >= 15 is 0 Å². The van der Waals surface area contributed by atoms with Gasteiger partial charge in [-0.15, -0.1) is 0 Å². The molecule has 2 heterocycles. The monoisotopic (exact) mass is 324 g/mol. The Balaban J connectivity index is 2.26. The molecular formula is C13H13BrN2O3. The largest absolute Gasteiger partial charge is 0.486 e. The summed E-state index contributed by atoms with van der Waals surface area (Å²) >= 11 is 3.51. The first kappa shape index (κ1) is 12.3. The number of benzene rings is 1. The standard InChI is InChI=1S/C13H13BrN2O3/c1-2-7-8(9-6-16-19-13(9)15)5-10(14)12-11(7)17-3-4-18-12/h5-6H,2-4,15H2,1H3. The molecule has 0 bridgehead atoms. The minimum absolute atomic E-state index is 0.304. The molecule has 0 unspecified atom stereocenters. The number of nitrogens with two attached hydrogens (primary N) is 1.